The van der Waals surface area contributed by atoms with Crippen molar-refractivity contribution in [2.45, 2.75) is 32.6 Å². The Balaban J connectivity index is 2.59. The van der Waals surface area contributed by atoms with E-state index < -0.39 is 0 Å². The van der Waals surface area contributed by atoms with Gasteiger partial charge in [-0.2, -0.15) is 5.26 Å². The molecule has 0 amide bonds. The minimum absolute atomic E-state index is 0.884. The lowest BCUT2D eigenvalue weighted by Gasteiger charge is -1.98. The van der Waals surface area contributed by atoms with Crippen LogP contribution in [-0.4, -0.2) is 0 Å². The zero-order chi connectivity index (χ0) is 10.9. The molecule has 1 nitrogen and oxygen atoms in total. The molecule has 0 unspecified atom stereocenters. The SMILES string of the molecule is CCCCCC(C#N)=Cc1ccccc1. The highest BCUT2D eigenvalue weighted by Gasteiger charge is 1.96. The van der Waals surface area contributed by atoms with E-state index in [4.69, 9.17) is 5.26 Å². The van der Waals surface area contributed by atoms with E-state index >= 15 is 0 Å². The maximum absolute atomic E-state index is 8.97. The maximum atomic E-state index is 8.97. The van der Waals surface area contributed by atoms with E-state index in [2.05, 4.69) is 13.0 Å². The van der Waals surface area contributed by atoms with E-state index in [0.29, 0.717) is 0 Å². The van der Waals surface area contributed by atoms with Gasteiger partial charge in [0.05, 0.1) is 6.07 Å². The van der Waals surface area contributed by atoms with Crippen molar-refractivity contribution in [3.63, 3.8) is 0 Å². The van der Waals surface area contributed by atoms with E-state index in [1.807, 2.05) is 36.4 Å². The monoisotopic (exact) mass is 199 g/mol. The van der Waals surface area contributed by atoms with Gasteiger partial charge >= 0.3 is 0 Å². The first-order chi connectivity index (χ1) is 7.36. The molecule has 0 atom stereocenters. The highest BCUT2D eigenvalue weighted by molar-refractivity contribution is 5.56. The van der Waals surface area contributed by atoms with Crippen LogP contribution < -0.4 is 0 Å². The van der Waals surface area contributed by atoms with Crippen molar-refractivity contribution in [1.82, 2.24) is 0 Å². The van der Waals surface area contributed by atoms with Gasteiger partial charge in [0.15, 0.2) is 0 Å². The molecule has 0 saturated heterocycles. The summed E-state index contributed by atoms with van der Waals surface area (Å²) >= 11 is 0. The van der Waals surface area contributed by atoms with Gasteiger partial charge in [-0.1, -0.05) is 50.1 Å². The quantitative estimate of drug-likeness (QED) is 0.515. The Morgan fingerprint density at radius 1 is 1.27 bits per heavy atom. The molecule has 0 radical (unpaired) electrons. The fourth-order valence-electron chi connectivity index (χ4n) is 1.48. The van der Waals surface area contributed by atoms with Gasteiger partial charge in [-0.25, -0.2) is 0 Å². The number of rotatable bonds is 5. The number of hydrogen-bond donors (Lipinski definition) is 0. The van der Waals surface area contributed by atoms with Crippen molar-refractivity contribution in [2.75, 3.05) is 0 Å². The van der Waals surface area contributed by atoms with Crippen molar-refractivity contribution in [3.8, 4) is 6.07 Å². The summed E-state index contributed by atoms with van der Waals surface area (Å²) in [5, 5.41) is 8.97. The molecule has 0 bridgehead atoms. The molecule has 0 saturated carbocycles. The topological polar surface area (TPSA) is 23.8 Å². The zero-order valence-corrected chi connectivity index (χ0v) is 9.24. The second-order valence-electron chi connectivity index (χ2n) is 3.65. The van der Waals surface area contributed by atoms with Crippen LogP contribution in [0.4, 0.5) is 0 Å². The molecule has 0 aromatic heterocycles. The van der Waals surface area contributed by atoms with E-state index in [9.17, 15) is 0 Å². The fraction of sp³-hybridized carbons (Fsp3) is 0.357. The van der Waals surface area contributed by atoms with Crippen molar-refractivity contribution in [2.24, 2.45) is 0 Å². The van der Waals surface area contributed by atoms with Gasteiger partial charge in [0.1, 0.15) is 0 Å². The van der Waals surface area contributed by atoms with Crippen molar-refractivity contribution in [1.29, 1.82) is 5.26 Å². The van der Waals surface area contributed by atoms with Crippen LogP contribution in [0.2, 0.25) is 0 Å². The van der Waals surface area contributed by atoms with Crippen LogP contribution in [0.15, 0.2) is 35.9 Å². The summed E-state index contributed by atoms with van der Waals surface area (Å²) < 4.78 is 0. The smallest absolute Gasteiger partial charge is 0.0947 e. The molecule has 1 rings (SSSR count). The molecule has 1 heteroatoms. The van der Waals surface area contributed by atoms with Crippen molar-refractivity contribution < 1.29 is 0 Å². The first kappa shape index (κ1) is 11.5. The Kier molecular flexibility index (Phi) is 5.25. The van der Waals surface area contributed by atoms with Gasteiger partial charge in [0, 0.05) is 5.57 Å². The molecule has 0 aliphatic carbocycles. The molecule has 0 N–H and O–H groups in total. The minimum Gasteiger partial charge on any atom is -0.193 e. The number of allylic oxidation sites excluding steroid dienone is 1. The zero-order valence-electron chi connectivity index (χ0n) is 9.24. The summed E-state index contributed by atoms with van der Waals surface area (Å²) in [7, 11) is 0. The van der Waals surface area contributed by atoms with Crippen LogP contribution in [-0.2, 0) is 0 Å². The molecule has 0 fully saturated rings. The van der Waals surface area contributed by atoms with E-state index in [1.165, 1.54) is 12.8 Å². The summed E-state index contributed by atoms with van der Waals surface area (Å²) in [6.07, 6.45) is 6.40. The minimum atomic E-state index is 0.884. The van der Waals surface area contributed by atoms with Gasteiger partial charge in [-0.3, -0.25) is 0 Å². The Labute approximate surface area is 92.1 Å². The fourth-order valence-corrected chi connectivity index (χ4v) is 1.48. The van der Waals surface area contributed by atoms with Crippen molar-refractivity contribution in [3.05, 3.63) is 41.5 Å². The number of benzene rings is 1. The summed E-state index contributed by atoms with van der Waals surface area (Å²) in [6, 6.07) is 12.3. The molecule has 0 spiro atoms. The maximum Gasteiger partial charge on any atom is 0.0947 e. The lowest BCUT2D eigenvalue weighted by Crippen LogP contribution is -1.81. The molecule has 0 aliphatic rings. The van der Waals surface area contributed by atoms with Gasteiger partial charge in [0.25, 0.3) is 0 Å². The summed E-state index contributed by atoms with van der Waals surface area (Å²) in [5.74, 6) is 0. The summed E-state index contributed by atoms with van der Waals surface area (Å²) in [5.41, 5.74) is 2.00. The predicted octanol–water partition coefficient (Wildman–Crippen LogP) is 4.17. The first-order valence-corrected chi connectivity index (χ1v) is 5.52. The second-order valence-corrected chi connectivity index (χ2v) is 3.65. The third kappa shape index (κ3) is 4.46. The van der Waals surface area contributed by atoms with Gasteiger partial charge in [-0.05, 0) is 24.5 Å². The second kappa shape index (κ2) is 6.84. The first-order valence-electron chi connectivity index (χ1n) is 5.52. The van der Waals surface area contributed by atoms with E-state index in [-0.39, 0.29) is 0 Å². The van der Waals surface area contributed by atoms with Crippen LogP contribution >= 0.6 is 0 Å². The lowest BCUT2D eigenvalue weighted by atomic mass is 10.1. The Morgan fingerprint density at radius 2 is 2.00 bits per heavy atom. The number of unbranched alkanes of at least 4 members (excludes halogenated alkanes) is 2. The molecule has 15 heavy (non-hydrogen) atoms. The van der Waals surface area contributed by atoms with E-state index in [1.54, 1.807) is 0 Å². The Morgan fingerprint density at radius 3 is 2.60 bits per heavy atom. The normalized spacial score (nSPS) is 11.1. The average Bonchev–Trinajstić information content (AvgIpc) is 2.29. The van der Waals surface area contributed by atoms with Crippen LogP contribution in [0.5, 0.6) is 0 Å². The van der Waals surface area contributed by atoms with Gasteiger partial charge < -0.3 is 0 Å². The van der Waals surface area contributed by atoms with Gasteiger partial charge in [0.2, 0.25) is 0 Å². The van der Waals surface area contributed by atoms with Crippen molar-refractivity contribution >= 4 is 6.08 Å². The van der Waals surface area contributed by atoms with Crippen LogP contribution in [0, 0.1) is 11.3 Å². The lowest BCUT2D eigenvalue weighted by molar-refractivity contribution is 0.722. The number of hydrogen-bond acceptors (Lipinski definition) is 1. The molecular formula is C14H17N. The predicted molar refractivity (Wildman–Crippen MR) is 64.2 cm³/mol. The molecular weight excluding hydrogens is 182 g/mol. The third-order valence-electron chi connectivity index (χ3n) is 2.33. The number of nitriles is 1. The third-order valence-corrected chi connectivity index (χ3v) is 2.33. The average molecular weight is 199 g/mol. The van der Waals surface area contributed by atoms with E-state index in [0.717, 1.165) is 24.0 Å². The van der Waals surface area contributed by atoms with Crippen LogP contribution in [0.3, 0.4) is 0 Å². The Bertz CT molecular complexity index is 343. The van der Waals surface area contributed by atoms with Gasteiger partial charge in [-0.15, -0.1) is 0 Å². The summed E-state index contributed by atoms with van der Waals surface area (Å²) in [4.78, 5) is 0. The highest BCUT2D eigenvalue weighted by atomic mass is 14.2. The molecule has 78 valence electrons. The molecule has 0 aliphatic heterocycles. The highest BCUT2D eigenvalue weighted by Crippen LogP contribution is 2.12. The van der Waals surface area contributed by atoms with Crippen LogP contribution in [0.1, 0.15) is 38.2 Å². The summed E-state index contributed by atoms with van der Waals surface area (Å²) in [6.45, 7) is 2.17. The van der Waals surface area contributed by atoms with Crippen LogP contribution in [0.25, 0.3) is 6.08 Å². The molecule has 0 heterocycles. The standard InChI is InChI=1S/C14H17N/c1-2-3-5-10-14(12-15)11-13-8-6-4-7-9-13/h4,6-9,11H,2-3,5,10H2,1H3. The largest absolute Gasteiger partial charge is 0.193 e. The number of nitrogens with zero attached hydrogens (tertiary/aromatic N) is 1. The molecule has 1 aromatic carbocycles. The Hall–Kier alpha value is -1.55. The molecule has 1 aromatic rings.